The van der Waals surface area contributed by atoms with E-state index in [1.54, 1.807) is 0 Å². The minimum absolute atomic E-state index is 0.104. The average Bonchev–Trinajstić information content (AvgIpc) is 2.46. The van der Waals surface area contributed by atoms with E-state index >= 15 is 0 Å². The number of carbonyl (C=O) groups is 1. The van der Waals surface area contributed by atoms with Gasteiger partial charge in [0, 0.05) is 13.1 Å². The Morgan fingerprint density at radius 3 is 2.67 bits per heavy atom. The molecule has 18 heavy (non-hydrogen) atoms. The van der Waals surface area contributed by atoms with Crippen LogP contribution >= 0.6 is 0 Å². The monoisotopic (exact) mass is 253 g/mol. The fraction of sp³-hybridized carbons (Fsp3) is 0.929. The van der Waals surface area contributed by atoms with E-state index in [0.717, 1.165) is 38.5 Å². The zero-order chi connectivity index (χ0) is 12.8. The van der Waals surface area contributed by atoms with Crippen molar-refractivity contribution < 1.29 is 4.79 Å². The lowest BCUT2D eigenvalue weighted by molar-refractivity contribution is -0.135. The molecule has 2 fully saturated rings. The zero-order valence-corrected chi connectivity index (χ0v) is 11.6. The average molecular weight is 253 g/mol. The third kappa shape index (κ3) is 3.69. The Kier molecular flexibility index (Phi) is 5.45. The van der Waals surface area contributed by atoms with Gasteiger partial charge in [0.1, 0.15) is 0 Å². The smallest absolute Gasteiger partial charge is 0.239 e. The first kappa shape index (κ1) is 13.8. The molecule has 0 saturated carbocycles. The summed E-state index contributed by atoms with van der Waals surface area (Å²) in [4.78, 5) is 14.4. The van der Waals surface area contributed by atoms with Gasteiger partial charge in [-0.05, 0) is 58.2 Å². The molecule has 2 N–H and O–H groups in total. The molecule has 4 nitrogen and oxygen atoms in total. The van der Waals surface area contributed by atoms with Gasteiger partial charge in [-0.1, -0.05) is 6.42 Å². The van der Waals surface area contributed by atoms with Gasteiger partial charge >= 0.3 is 0 Å². The Bertz CT molecular complexity index is 256. The molecular formula is C14H27N3O. The standard InChI is InChI=1S/C14H27N3O/c1-15-9-5-12-6-10-17(11-7-12)14(18)13-4-2-3-8-16-13/h12-13,15-16H,2-11H2,1H3/t13-/m0/s1. The molecule has 0 aromatic rings. The number of rotatable bonds is 4. The van der Waals surface area contributed by atoms with Crippen LogP contribution in [0.2, 0.25) is 0 Å². The summed E-state index contributed by atoms with van der Waals surface area (Å²) in [5.41, 5.74) is 0. The SMILES string of the molecule is CNCCC1CCN(C(=O)[C@@H]2CCCCN2)CC1. The number of piperidine rings is 2. The van der Waals surface area contributed by atoms with E-state index in [0.29, 0.717) is 5.91 Å². The van der Waals surface area contributed by atoms with Crippen molar-refractivity contribution >= 4 is 5.91 Å². The molecule has 2 rings (SSSR count). The van der Waals surface area contributed by atoms with Gasteiger partial charge in [0.25, 0.3) is 0 Å². The molecule has 1 atom stereocenters. The van der Waals surface area contributed by atoms with Crippen molar-refractivity contribution in [3.63, 3.8) is 0 Å². The van der Waals surface area contributed by atoms with Crippen molar-refractivity contribution in [3.05, 3.63) is 0 Å². The van der Waals surface area contributed by atoms with Gasteiger partial charge < -0.3 is 15.5 Å². The minimum atomic E-state index is 0.104. The van der Waals surface area contributed by atoms with Gasteiger partial charge in [0.05, 0.1) is 6.04 Å². The molecule has 0 spiro atoms. The van der Waals surface area contributed by atoms with Gasteiger partial charge in [-0.15, -0.1) is 0 Å². The third-order valence-electron chi connectivity index (χ3n) is 4.34. The van der Waals surface area contributed by atoms with Crippen molar-refractivity contribution in [1.29, 1.82) is 0 Å². The minimum Gasteiger partial charge on any atom is -0.341 e. The van der Waals surface area contributed by atoms with Crippen LogP contribution in [0.5, 0.6) is 0 Å². The van der Waals surface area contributed by atoms with E-state index in [2.05, 4.69) is 15.5 Å². The maximum atomic E-state index is 12.3. The van der Waals surface area contributed by atoms with Crippen LogP contribution in [0.4, 0.5) is 0 Å². The van der Waals surface area contributed by atoms with Gasteiger partial charge in [-0.2, -0.15) is 0 Å². The summed E-state index contributed by atoms with van der Waals surface area (Å²) in [6.07, 6.45) is 7.05. The van der Waals surface area contributed by atoms with Crippen LogP contribution in [-0.2, 0) is 4.79 Å². The maximum Gasteiger partial charge on any atom is 0.239 e. The maximum absolute atomic E-state index is 12.3. The van der Waals surface area contributed by atoms with Crippen molar-refractivity contribution in [2.45, 2.75) is 44.6 Å². The number of nitrogens with one attached hydrogen (secondary N) is 2. The second-order valence-electron chi connectivity index (χ2n) is 5.66. The predicted molar refractivity (Wildman–Crippen MR) is 73.5 cm³/mol. The van der Waals surface area contributed by atoms with Gasteiger partial charge in [-0.25, -0.2) is 0 Å². The Balaban J connectivity index is 1.73. The van der Waals surface area contributed by atoms with E-state index in [1.807, 2.05) is 7.05 Å². The molecule has 0 aliphatic carbocycles. The number of amides is 1. The van der Waals surface area contributed by atoms with Crippen LogP contribution in [0.1, 0.15) is 38.5 Å². The second kappa shape index (κ2) is 7.10. The molecule has 2 heterocycles. The Hall–Kier alpha value is -0.610. The lowest BCUT2D eigenvalue weighted by atomic mass is 9.92. The summed E-state index contributed by atoms with van der Waals surface area (Å²) >= 11 is 0. The molecule has 2 aliphatic heterocycles. The first-order valence-electron chi connectivity index (χ1n) is 7.48. The Labute approximate surface area is 110 Å². The van der Waals surface area contributed by atoms with Gasteiger partial charge in [-0.3, -0.25) is 4.79 Å². The molecule has 104 valence electrons. The lowest BCUT2D eigenvalue weighted by Gasteiger charge is -2.35. The van der Waals surface area contributed by atoms with Crippen molar-refractivity contribution in [2.24, 2.45) is 5.92 Å². The van der Waals surface area contributed by atoms with E-state index in [9.17, 15) is 4.79 Å². The molecule has 4 heteroatoms. The molecule has 2 aliphatic rings. The van der Waals surface area contributed by atoms with Crippen LogP contribution in [-0.4, -0.2) is 50.1 Å². The first-order chi connectivity index (χ1) is 8.81. The zero-order valence-electron chi connectivity index (χ0n) is 11.6. The number of nitrogens with zero attached hydrogens (tertiary/aromatic N) is 1. The van der Waals surface area contributed by atoms with Crippen molar-refractivity contribution in [3.8, 4) is 0 Å². The highest BCUT2D eigenvalue weighted by Crippen LogP contribution is 2.21. The van der Waals surface area contributed by atoms with Crippen molar-refractivity contribution in [1.82, 2.24) is 15.5 Å². The number of carbonyl (C=O) groups excluding carboxylic acids is 1. The van der Waals surface area contributed by atoms with Gasteiger partial charge in [0.15, 0.2) is 0 Å². The second-order valence-corrected chi connectivity index (χ2v) is 5.66. The summed E-state index contributed by atoms with van der Waals surface area (Å²) < 4.78 is 0. The van der Waals surface area contributed by atoms with Crippen molar-refractivity contribution in [2.75, 3.05) is 33.2 Å². The third-order valence-corrected chi connectivity index (χ3v) is 4.34. The normalized spacial score (nSPS) is 26.3. The van der Waals surface area contributed by atoms with Crippen LogP contribution in [0.3, 0.4) is 0 Å². The van der Waals surface area contributed by atoms with Crippen LogP contribution < -0.4 is 10.6 Å². The van der Waals surface area contributed by atoms with E-state index in [4.69, 9.17) is 0 Å². The summed E-state index contributed by atoms with van der Waals surface area (Å²) in [6.45, 7) is 4.04. The quantitative estimate of drug-likeness (QED) is 0.785. The summed E-state index contributed by atoms with van der Waals surface area (Å²) in [6, 6.07) is 0.104. The molecule has 2 saturated heterocycles. The highest BCUT2D eigenvalue weighted by atomic mass is 16.2. The predicted octanol–water partition coefficient (Wildman–Crippen LogP) is 0.977. The first-order valence-corrected chi connectivity index (χ1v) is 7.48. The molecule has 1 amide bonds. The molecule has 0 bridgehead atoms. The lowest BCUT2D eigenvalue weighted by Crippen LogP contribution is -2.50. The molecule has 0 unspecified atom stereocenters. The molecule has 0 aromatic heterocycles. The number of likely N-dealkylation sites (tertiary alicyclic amines) is 1. The number of hydrogen-bond donors (Lipinski definition) is 2. The summed E-state index contributed by atoms with van der Waals surface area (Å²) in [5.74, 6) is 1.16. The van der Waals surface area contributed by atoms with Gasteiger partial charge in [0.2, 0.25) is 5.91 Å². The van der Waals surface area contributed by atoms with E-state index < -0.39 is 0 Å². The summed E-state index contributed by atoms with van der Waals surface area (Å²) in [5, 5.41) is 6.57. The fourth-order valence-electron chi connectivity index (χ4n) is 3.07. The molecular weight excluding hydrogens is 226 g/mol. The molecule has 0 radical (unpaired) electrons. The van der Waals surface area contributed by atoms with Crippen LogP contribution in [0.15, 0.2) is 0 Å². The Morgan fingerprint density at radius 2 is 2.06 bits per heavy atom. The fourth-order valence-corrected chi connectivity index (χ4v) is 3.07. The Morgan fingerprint density at radius 1 is 1.28 bits per heavy atom. The van der Waals surface area contributed by atoms with Crippen LogP contribution in [0.25, 0.3) is 0 Å². The highest BCUT2D eigenvalue weighted by Gasteiger charge is 2.28. The summed E-state index contributed by atoms with van der Waals surface area (Å²) in [7, 11) is 2.01. The highest BCUT2D eigenvalue weighted by molar-refractivity contribution is 5.82. The number of hydrogen-bond acceptors (Lipinski definition) is 3. The largest absolute Gasteiger partial charge is 0.341 e. The van der Waals surface area contributed by atoms with Crippen LogP contribution in [0, 0.1) is 5.92 Å². The topological polar surface area (TPSA) is 44.4 Å². The van der Waals surface area contributed by atoms with E-state index in [-0.39, 0.29) is 6.04 Å². The molecule has 0 aromatic carbocycles. The van der Waals surface area contributed by atoms with E-state index in [1.165, 1.54) is 32.1 Å².